The van der Waals surface area contributed by atoms with Crippen LogP contribution in [0.5, 0.6) is 0 Å². The number of tetrazole rings is 1. The Morgan fingerprint density at radius 2 is 1.96 bits per heavy atom. The third-order valence-electron chi connectivity index (χ3n) is 4.70. The number of nitrogens with zero attached hydrogens (tertiary/aromatic N) is 4. The average Bonchev–Trinajstić information content (AvgIpc) is 3.16. The molecule has 1 N–H and O–H groups in total. The molecule has 2 unspecified atom stereocenters. The summed E-state index contributed by atoms with van der Waals surface area (Å²) in [5.41, 5.74) is 4.02. The van der Waals surface area contributed by atoms with E-state index in [2.05, 4.69) is 40.8 Å². The lowest BCUT2D eigenvalue weighted by molar-refractivity contribution is -0.115. The van der Waals surface area contributed by atoms with Gasteiger partial charge in [-0.05, 0) is 65.9 Å². The normalized spacial score (nSPS) is 13.1. The predicted octanol–water partition coefficient (Wildman–Crippen LogP) is 4.60. The summed E-state index contributed by atoms with van der Waals surface area (Å²) in [7, 11) is 0. The first-order valence-corrected chi connectivity index (χ1v) is 10.3. The molecule has 1 heterocycles. The van der Waals surface area contributed by atoms with Gasteiger partial charge in [-0.3, -0.25) is 4.79 Å². The van der Waals surface area contributed by atoms with Crippen molar-refractivity contribution in [3.63, 3.8) is 0 Å². The summed E-state index contributed by atoms with van der Waals surface area (Å²) >= 11 is 1.34. The lowest BCUT2D eigenvalue weighted by atomic mass is 9.97. The second kappa shape index (κ2) is 9.01. The zero-order chi connectivity index (χ0) is 20.1. The molecule has 0 fully saturated rings. The molecular formula is C21H25N5OS. The van der Waals surface area contributed by atoms with Crippen LogP contribution in [-0.2, 0) is 4.79 Å². The number of benzene rings is 2. The highest BCUT2D eigenvalue weighted by atomic mass is 32.2. The third kappa shape index (κ3) is 4.59. The monoisotopic (exact) mass is 395 g/mol. The molecule has 0 aliphatic heterocycles. The minimum absolute atomic E-state index is 0.0699. The highest BCUT2D eigenvalue weighted by Crippen LogP contribution is 2.28. The van der Waals surface area contributed by atoms with Crippen LogP contribution in [0.3, 0.4) is 0 Å². The van der Waals surface area contributed by atoms with E-state index in [9.17, 15) is 4.79 Å². The number of carbonyl (C=O) groups is 1. The van der Waals surface area contributed by atoms with Crippen molar-refractivity contribution >= 4 is 23.4 Å². The van der Waals surface area contributed by atoms with Crippen molar-refractivity contribution in [2.45, 2.75) is 50.4 Å². The fourth-order valence-corrected chi connectivity index (χ4v) is 3.69. The summed E-state index contributed by atoms with van der Waals surface area (Å²) in [6.45, 7) is 8.19. The van der Waals surface area contributed by atoms with Gasteiger partial charge >= 0.3 is 0 Å². The number of para-hydroxylation sites is 1. The highest BCUT2D eigenvalue weighted by Gasteiger charge is 2.20. The molecule has 28 heavy (non-hydrogen) atoms. The SMILES string of the molecule is CCC(C)c1ccccc1NC(=O)C(C)Sc1nnnn1-c1cccc(C)c1. The van der Waals surface area contributed by atoms with Crippen molar-refractivity contribution in [1.29, 1.82) is 0 Å². The number of hydrogen-bond acceptors (Lipinski definition) is 5. The maximum Gasteiger partial charge on any atom is 0.237 e. The number of rotatable bonds is 7. The molecule has 0 saturated carbocycles. The molecule has 0 spiro atoms. The van der Waals surface area contributed by atoms with E-state index in [0.717, 1.165) is 28.9 Å². The number of hydrogen-bond donors (Lipinski definition) is 1. The number of carbonyl (C=O) groups excluding carboxylic acids is 1. The first-order chi connectivity index (χ1) is 13.5. The van der Waals surface area contributed by atoms with Gasteiger partial charge < -0.3 is 5.32 Å². The Hall–Kier alpha value is -2.67. The topological polar surface area (TPSA) is 72.7 Å². The van der Waals surface area contributed by atoms with Crippen molar-refractivity contribution < 1.29 is 4.79 Å². The van der Waals surface area contributed by atoms with Crippen LogP contribution >= 0.6 is 11.8 Å². The van der Waals surface area contributed by atoms with E-state index in [1.54, 1.807) is 4.68 Å². The van der Waals surface area contributed by atoms with Gasteiger partial charge in [-0.1, -0.05) is 55.9 Å². The van der Waals surface area contributed by atoms with Crippen molar-refractivity contribution in [2.24, 2.45) is 0 Å². The minimum atomic E-state index is -0.348. The van der Waals surface area contributed by atoms with Crippen LogP contribution < -0.4 is 5.32 Å². The van der Waals surface area contributed by atoms with Crippen LogP contribution in [0.2, 0.25) is 0 Å². The summed E-state index contributed by atoms with van der Waals surface area (Å²) in [5, 5.41) is 15.3. The largest absolute Gasteiger partial charge is 0.325 e. The Bertz CT molecular complexity index is 955. The zero-order valence-corrected chi connectivity index (χ0v) is 17.4. The Kier molecular flexibility index (Phi) is 6.46. The molecule has 146 valence electrons. The maximum atomic E-state index is 12.8. The van der Waals surface area contributed by atoms with E-state index in [1.165, 1.54) is 11.8 Å². The summed E-state index contributed by atoms with van der Waals surface area (Å²) in [4.78, 5) is 12.8. The van der Waals surface area contributed by atoms with Crippen LogP contribution in [0.25, 0.3) is 5.69 Å². The fraction of sp³-hybridized carbons (Fsp3) is 0.333. The molecule has 2 atom stereocenters. The molecule has 1 amide bonds. The smallest absolute Gasteiger partial charge is 0.237 e. The Labute approximate surface area is 169 Å². The molecule has 0 bridgehead atoms. The Morgan fingerprint density at radius 1 is 1.18 bits per heavy atom. The molecule has 3 aromatic rings. The number of thioether (sulfide) groups is 1. The van der Waals surface area contributed by atoms with Gasteiger partial charge in [-0.2, -0.15) is 4.68 Å². The van der Waals surface area contributed by atoms with Crippen LogP contribution in [-0.4, -0.2) is 31.4 Å². The quantitative estimate of drug-likeness (QED) is 0.592. The lowest BCUT2D eigenvalue weighted by Crippen LogP contribution is -2.23. The van der Waals surface area contributed by atoms with Crippen molar-refractivity contribution in [3.05, 3.63) is 59.7 Å². The lowest BCUT2D eigenvalue weighted by Gasteiger charge is -2.17. The van der Waals surface area contributed by atoms with Crippen molar-refractivity contribution in [3.8, 4) is 5.69 Å². The molecule has 0 aliphatic rings. The van der Waals surface area contributed by atoms with Crippen LogP contribution in [0.4, 0.5) is 5.69 Å². The van der Waals surface area contributed by atoms with E-state index in [4.69, 9.17) is 0 Å². The second-order valence-electron chi connectivity index (χ2n) is 6.86. The van der Waals surface area contributed by atoms with E-state index in [-0.39, 0.29) is 11.2 Å². The van der Waals surface area contributed by atoms with Gasteiger partial charge in [0.1, 0.15) is 0 Å². The molecule has 7 heteroatoms. The first kappa shape index (κ1) is 20.1. The molecule has 0 saturated heterocycles. The summed E-state index contributed by atoms with van der Waals surface area (Å²) < 4.78 is 1.66. The maximum absolute atomic E-state index is 12.8. The van der Waals surface area contributed by atoms with Gasteiger partial charge in [0, 0.05) is 5.69 Å². The molecule has 1 aromatic heterocycles. The molecular weight excluding hydrogens is 370 g/mol. The third-order valence-corrected chi connectivity index (χ3v) is 5.73. The van der Waals surface area contributed by atoms with Gasteiger partial charge in [-0.15, -0.1) is 5.10 Å². The zero-order valence-electron chi connectivity index (χ0n) is 16.6. The van der Waals surface area contributed by atoms with E-state index in [1.807, 2.05) is 56.3 Å². The van der Waals surface area contributed by atoms with Crippen LogP contribution in [0, 0.1) is 6.92 Å². The van der Waals surface area contributed by atoms with Gasteiger partial charge in [0.25, 0.3) is 0 Å². The van der Waals surface area contributed by atoms with Crippen molar-refractivity contribution in [2.75, 3.05) is 5.32 Å². The summed E-state index contributed by atoms with van der Waals surface area (Å²) in [6.07, 6.45) is 1.02. The Morgan fingerprint density at radius 3 is 2.71 bits per heavy atom. The molecule has 0 aliphatic carbocycles. The molecule has 0 radical (unpaired) electrons. The molecule has 3 rings (SSSR count). The van der Waals surface area contributed by atoms with Gasteiger partial charge in [-0.25, -0.2) is 0 Å². The second-order valence-corrected chi connectivity index (χ2v) is 8.17. The van der Waals surface area contributed by atoms with Crippen molar-refractivity contribution in [1.82, 2.24) is 20.2 Å². The Balaban J connectivity index is 1.74. The number of amides is 1. The number of nitrogens with one attached hydrogen (secondary N) is 1. The van der Waals surface area contributed by atoms with Crippen LogP contribution in [0.1, 0.15) is 44.2 Å². The number of aryl methyl sites for hydroxylation is 1. The highest BCUT2D eigenvalue weighted by molar-refractivity contribution is 8.00. The summed E-state index contributed by atoms with van der Waals surface area (Å²) in [6, 6.07) is 15.9. The predicted molar refractivity (Wildman–Crippen MR) is 113 cm³/mol. The minimum Gasteiger partial charge on any atom is -0.325 e. The van der Waals surface area contributed by atoms with Gasteiger partial charge in [0.15, 0.2) is 0 Å². The molecule has 2 aromatic carbocycles. The van der Waals surface area contributed by atoms with E-state index < -0.39 is 0 Å². The summed E-state index contributed by atoms with van der Waals surface area (Å²) in [5.74, 6) is 0.313. The molecule has 6 nitrogen and oxygen atoms in total. The number of aromatic nitrogens is 4. The standard InChI is InChI=1S/C21H25N5OS/c1-5-15(3)18-11-6-7-12-19(18)22-20(27)16(4)28-21-23-24-25-26(21)17-10-8-9-14(2)13-17/h6-13,15-16H,5H2,1-4H3,(H,22,27). The average molecular weight is 396 g/mol. The fourth-order valence-electron chi connectivity index (χ4n) is 2.88. The van der Waals surface area contributed by atoms with Gasteiger partial charge in [0.2, 0.25) is 11.1 Å². The number of anilines is 1. The first-order valence-electron chi connectivity index (χ1n) is 9.41. The van der Waals surface area contributed by atoms with E-state index >= 15 is 0 Å². The van der Waals surface area contributed by atoms with Crippen LogP contribution in [0.15, 0.2) is 53.7 Å². The van der Waals surface area contributed by atoms with E-state index in [0.29, 0.717) is 11.1 Å². The van der Waals surface area contributed by atoms with Gasteiger partial charge in [0.05, 0.1) is 10.9 Å².